The Hall–Kier alpha value is -3.14. The zero-order chi connectivity index (χ0) is 20.1. The van der Waals surface area contributed by atoms with Crippen LogP contribution in [0.2, 0.25) is 0 Å². The lowest BCUT2D eigenvalue weighted by atomic mass is 9.98. The van der Waals surface area contributed by atoms with Gasteiger partial charge in [-0.2, -0.15) is 0 Å². The van der Waals surface area contributed by atoms with Crippen LogP contribution < -0.4 is 9.47 Å². The Morgan fingerprint density at radius 2 is 2.17 bits per heavy atom. The number of rotatable bonds is 9. The number of ether oxygens (including phenoxy) is 2. The molecule has 1 aliphatic heterocycles. The maximum absolute atomic E-state index is 10.9. The van der Waals surface area contributed by atoms with Crippen molar-refractivity contribution in [3.05, 3.63) is 53.9 Å². The van der Waals surface area contributed by atoms with Gasteiger partial charge >= 0.3 is 5.97 Å². The molecule has 0 aliphatic carbocycles. The molecular formula is C19H19N5O4S. The molecule has 3 heterocycles. The summed E-state index contributed by atoms with van der Waals surface area (Å²) < 4.78 is 13.1. The number of aromatic nitrogens is 5. The highest BCUT2D eigenvalue weighted by molar-refractivity contribution is 7.98. The van der Waals surface area contributed by atoms with Crippen LogP contribution in [0.15, 0.2) is 47.9 Å². The third kappa shape index (κ3) is 4.83. The van der Waals surface area contributed by atoms with Gasteiger partial charge in [0.05, 0.1) is 19.6 Å². The van der Waals surface area contributed by atoms with E-state index >= 15 is 0 Å². The first kappa shape index (κ1) is 19.2. The summed E-state index contributed by atoms with van der Waals surface area (Å²) in [5, 5.41) is 21.5. The summed E-state index contributed by atoms with van der Waals surface area (Å²) in [6.07, 6.45) is 3.58. The van der Waals surface area contributed by atoms with Crippen LogP contribution in [0.4, 0.5) is 0 Å². The third-order valence-corrected chi connectivity index (χ3v) is 5.50. The lowest BCUT2D eigenvalue weighted by Gasteiger charge is -2.09. The molecule has 1 N–H and O–H groups in total. The van der Waals surface area contributed by atoms with E-state index < -0.39 is 5.97 Å². The summed E-state index contributed by atoms with van der Waals surface area (Å²) in [6.45, 7) is 1.28. The van der Waals surface area contributed by atoms with Crippen molar-refractivity contribution in [2.24, 2.45) is 0 Å². The number of carboxylic acid groups (broad SMARTS) is 1. The monoisotopic (exact) mass is 413 g/mol. The molecule has 0 fully saturated rings. The highest BCUT2D eigenvalue weighted by Crippen LogP contribution is 2.38. The minimum Gasteiger partial charge on any atom is -0.492 e. The maximum Gasteiger partial charge on any atom is 0.304 e. The number of hydrogen-bond acceptors (Lipinski definition) is 8. The van der Waals surface area contributed by atoms with Crippen molar-refractivity contribution < 1.29 is 19.4 Å². The van der Waals surface area contributed by atoms with Gasteiger partial charge in [-0.3, -0.25) is 9.78 Å². The Morgan fingerprint density at radius 1 is 1.31 bits per heavy atom. The first-order valence-corrected chi connectivity index (χ1v) is 10.1. The van der Waals surface area contributed by atoms with Crippen molar-refractivity contribution in [1.29, 1.82) is 0 Å². The molecule has 0 amide bonds. The van der Waals surface area contributed by atoms with Crippen molar-refractivity contribution in [1.82, 2.24) is 25.2 Å². The van der Waals surface area contributed by atoms with Crippen LogP contribution >= 0.6 is 11.8 Å². The zero-order valence-corrected chi connectivity index (χ0v) is 16.3. The van der Waals surface area contributed by atoms with Crippen molar-refractivity contribution in [2.75, 3.05) is 13.2 Å². The van der Waals surface area contributed by atoms with E-state index in [0.29, 0.717) is 31.3 Å². The average molecular weight is 413 g/mol. The van der Waals surface area contributed by atoms with Gasteiger partial charge in [-0.05, 0) is 34.2 Å². The number of pyridine rings is 1. The zero-order valence-electron chi connectivity index (χ0n) is 15.5. The lowest BCUT2D eigenvalue weighted by molar-refractivity contribution is -0.137. The second kappa shape index (κ2) is 8.91. The van der Waals surface area contributed by atoms with Gasteiger partial charge in [0, 0.05) is 35.7 Å². The van der Waals surface area contributed by atoms with E-state index in [1.807, 2.05) is 24.3 Å². The molecule has 1 atom stereocenters. The second-order valence-corrected chi connectivity index (χ2v) is 7.43. The van der Waals surface area contributed by atoms with E-state index in [1.54, 1.807) is 34.9 Å². The van der Waals surface area contributed by atoms with E-state index in [-0.39, 0.29) is 12.3 Å². The number of hydrogen-bond donors (Lipinski definition) is 1. The molecule has 3 aromatic rings. The van der Waals surface area contributed by atoms with E-state index in [2.05, 4.69) is 20.5 Å². The Balaban J connectivity index is 1.30. The van der Waals surface area contributed by atoms with Gasteiger partial charge in [0.25, 0.3) is 0 Å². The molecule has 1 unspecified atom stereocenters. The molecule has 0 saturated heterocycles. The Kier molecular flexibility index (Phi) is 5.89. The van der Waals surface area contributed by atoms with Crippen LogP contribution in [0.5, 0.6) is 11.5 Å². The number of nitrogens with zero attached hydrogens (tertiary/aromatic N) is 5. The molecular weight excluding hydrogens is 394 g/mol. The summed E-state index contributed by atoms with van der Waals surface area (Å²) in [6, 6.07) is 9.43. The molecule has 0 radical (unpaired) electrons. The van der Waals surface area contributed by atoms with Gasteiger partial charge in [-0.25, -0.2) is 4.68 Å². The van der Waals surface area contributed by atoms with Crippen LogP contribution in [0.25, 0.3) is 0 Å². The number of carbonyl (C=O) groups is 1. The summed E-state index contributed by atoms with van der Waals surface area (Å²) >= 11 is 1.55. The second-order valence-electron chi connectivity index (χ2n) is 6.48. The standard InChI is InChI=1S/C19H19N5O4S/c25-18(26)9-14-11-28-17-10-15(1-2-16(14)17)27-8-7-24-19(21-22-23-24)29-12-13-3-5-20-6-4-13/h1-6,10,14H,7-9,11-12H2,(H,25,26). The largest absolute Gasteiger partial charge is 0.492 e. The Labute approximate surface area is 171 Å². The molecule has 0 bridgehead atoms. The Morgan fingerprint density at radius 3 is 3.00 bits per heavy atom. The van der Waals surface area contributed by atoms with Gasteiger partial charge in [-0.15, -0.1) is 5.10 Å². The first-order valence-electron chi connectivity index (χ1n) is 9.08. The van der Waals surface area contributed by atoms with Crippen LogP contribution in [0.3, 0.4) is 0 Å². The number of carboxylic acids is 1. The Bertz CT molecular complexity index is 982. The molecule has 0 saturated carbocycles. The molecule has 1 aromatic carbocycles. The van der Waals surface area contributed by atoms with E-state index in [0.717, 1.165) is 22.0 Å². The predicted octanol–water partition coefficient (Wildman–Crippen LogP) is 2.39. The molecule has 2 aromatic heterocycles. The normalized spacial score (nSPS) is 15.0. The van der Waals surface area contributed by atoms with Crippen molar-refractivity contribution in [3.63, 3.8) is 0 Å². The number of benzene rings is 1. The smallest absolute Gasteiger partial charge is 0.304 e. The molecule has 9 nitrogen and oxygen atoms in total. The van der Waals surface area contributed by atoms with Gasteiger partial charge in [0.15, 0.2) is 0 Å². The van der Waals surface area contributed by atoms with Gasteiger partial charge in [0.1, 0.15) is 18.1 Å². The average Bonchev–Trinajstić information content (AvgIpc) is 3.33. The van der Waals surface area contributed by atoms with Crippen molar-refractivity contribution >= 4 is 17.7 Å². The summed E-state index contributed by atoms with van der Waals surface area (Å²) in [5.74, 6) is 1.16. The quantitative estimate of drug-likeness (QED) is 0.528. The fraction of sp³-hybridized carbons (Fsp3) is 0.316. The van der Waals surface area contributed by atoms with Gasteiger partial charge in [0.2, 0.25) is 5.16 Å². The summed E-state index contributed by atoms with van der Waals surface area (Å²) in [4.78, 5) is 14.9. The first-order chi connectivity index (χ1) is 14.2. The topological polar surface area (TPSA) is 112 Å². The molecule has 0 spiro atoms. The van der Waals surface area contributed by atoms with Crippen molar-refractivity contribution in [2.45, 2.75) is 29.8 Å². The van der Waals surface area contributed by atoms with E-state index in [9.17, 15) is 4.79 Å². The fourth-order valence-electron chi connectivity index (χ4n) is 3.04. The molecule has 10 heteroatoms. The van der Waals surface area contributed by atoms with Crippen molar-refractivity contribution in [3.8, 4) is 11.5 Å². The van der Waals surface area contributed by atoms with E-state index in [4.69, 9.17) is 14.6 Å². The number of thioether (sulfide) groups is 1. The van der Waals surface area contributed by atoms with Crippen LogP contribution in [-0.2, 0) is 17.1 Å². The van der Waals surface area contributed by atoms with E-state index in [1.165, 1.54) is 0 Å². The maximum atomic E-state index is 10.9. The molecule has 29 heavy (non-hydrogen) atoms. The molecule has 4 rings (SSSR count). The number of aliphatic carboxylic acids is 1. The van der Waals surface area contributed by atoms with Crippen LogP contribution in [0, 0.1) is 0 Å². The number of fused-ring (bicyclic) bond motifs is 1. The SMILES string of the molecule is O=C(O)CC1COc2cc(OCCn3nnnc3SCc3ccncc3)ccc21. The van der Waals surface area contributed by atoms with Gasteiger partial charge < -0.3 is 14.6 Å². The molecule has 1 aliphatic rings. The minimum atomic E-state index is -0.828. The molecule has 150 valence electrons. The fourth-order valence-corrected chi connectivity index (χ4v) is 3.90. The minimum absolute atomic E-state index is 0.0619. The van der Waals surface area contributed by atoms with Crippen LogP contribution in [-0.4, -0.2) is 49.5 Å². The summed E-state index contributed by atoms with van der Waals surface area (Å²) in [5.41, 5.74) is 2.06. The highest BCUT2D eigenvalue weighted by atomic mass is 32.2. The predicted molar refractivity (Wildman–Crippen MR) is 104 cm³/mol. The lowest BCUT2D eigenvalue weighted by Crippen LogP contribution is -2.11. The van der Waals surface area contributed by atoms with Gasteiger partial charge in [-0.1, -0.05) is 17.8 Å². The summed E-state index contributed by atoms with van der Waals surface area (Å²) in [7, 11) is 0. The highest BCUT2D eigenvalue weighted by Gasteiger charge is 2.26. The number of tetrazole rings is 1. The third-order valence-electron chi connectivity index (χ3n) is 4.47. The van der Waals surface area contributed by atoms with Crippen LogP contribution in [0.1, 0.15) is 23.5 Å².